The molecular weight excluding hydrogens is 356 g/mol. The first kappa shape index (κ1) is 18.2. The highest BCUT2D eigenvalue weighted by Crippen LogP contribution is 2.15. The molecule has 0 aliphatic heterocycles. The number of hydrogen-bond donors (Lipinski definition) is 1. The minimum atomic E-state index is -0.969. The van der Waals surface area contributed by atoms with E-state index in [9.17, 15) is 14.4 Å². The van der Waals surface area contributed by atoms with Gasteiger partial charge in [-0.25, -0.2) is 0 Å². The minimum Gasteiger partial charge on any atom is -0.481 e. The summed E-state index contributed by atoms with van der Waals surface area (Å²) < 4.78 is 5.59. The van der Waals surface area contributed by atoms with Gasteiger partial charge in [-0.3, -0.25) is 14.4 Å². The van der Waals surface area contributed by atoms with Gasteiger partial charge in [-0.1, -0.05) is 0 Å². The molecule has 1 heterocycles. The summed E-state index contributed by atoms with van der Waals surface area (Å²) in [6.45, 7) is 3.56. The summed E-state index contributed by atoms with van der Waals surface area (Å²) in [5, 5.41) is 8.73. The number of halogens is 1. The molecular formula is C14H19BrN2O5. The van der Waals surface area contributed by atoms with Crippen LogP contribution in [0.3, 0.4) is 0 Å². The molecule has 1 N–H and O–H groups in total. The van der Waals surface area contributed by atoms with Gasteiger partial charge in [-0.15, -0.1) is 0 Å². The van der Waals surface area contributed by atoms with E-state index in [0.717, 1.165) is 0 Å². The van der Waals surface area contributed by atoms with Crippen molar-refractivity contribution < 1.29 is 23.9 Å². The molecule has 8 heteroatoms. The highest BCUT2D eigenvalue weighted by Gasteiger charge is 2.23. The molecule has 7 nitrogen and oxygen atoms in total. The number of amides is 2. The monoisotopic (exact) mass is 374 g/mol. The van der Waals surface area contributed by atoms with Crippen LogP contribution in [0.2, 0.25) is 0 Å². The Balaban J connectivity index is 2.67. The second kappa shape index (κ2) is 7.98. The van der Waals surface area contributed by atoms with Gasteiger partial charge in [0.05, 0.1) is 13.0 Å². The Bertz CT molecular complexity index is 555. The van der Waals surface area contributed by atoms with Crippen LogP contribution in [0.1, 0.15) is 30.8 Å². The van der Waals surface area contributed by atoms with Gasteiger partial charge in [0, 0.05) is 19.6 Å². The fraction of sp³-hybridized carbons (Fsp3) is 0.500. The average molecular weight is 375 g/mol. The molecule has 0 aliphatic rings. The number of carboxylic acids is 1. The predicted octanol–water partition coefficient (Wildman–Crippen LogP) is 1.83. The number of rotatable bonds is 7. The van der Waals surface area contributed by atoms with E-state index in [1.807, 2.05) is 0 Å². The molecule has 2 amide bonds. The Labute approximate surface area is 137 Å². The number of hydrogen-bond acceptors (Lipinski definition) is 4. The zero-order chi connectivity index (χ0) is 16.9. The first-order valence-electron chi connectivity index (χ1n) is 6.74. The highest BCUT2D eigenvalue weighted by molar-refractivity contribution is 9.10. The number of carbonyl (C=O) groups is 3. The van der Waals surface area contributed by atoms with E-state index >= 15 is 0 Å². The third-order valence-corrected chi connectivity index (χ3v) is 3.44. The van der Waals surface area contributed by atoms with E-state index < -0.39 is 11.9 Å². The van der Waals surface area contributed by atoms with Gasteiger partial charge in [-0.2, -0.15) is 0 Å². The number of carboxylic acid groups (broad SMARTS) is 1. The molecule has 0 spiro atoms. The normalized spacial score (nSPS) is 10.6. The van der Waals surface area contributed by atoms with Crippen LogP contribution in [0.25, 0.3) is 0 Å². The van der Waals surface area contributed by atoms with Crippen LogP contribution in [0.4, 0.5) is 0 Å². The smallest absolute Gasteiger partial charge is 0.305 e. The maximum absolute atomic E-state index is 12.2. The summed E-state index contributed by atoms with van der Waals surface area (Å²) in [5.74, 6) is -1.56. The van der Waals surface area contributed by atoms with Gasteiger partial charge in [0.1, 0.15) is 0 Å². The Kier molecular flexibility index (Phi) is 6.61. The molecule has 0 saturated carbocycles. The Morgan fingerprint density at radius 3 is 2.41 bits per heavy atom. The second-order valence-electron chi connectivity index (χ2n) is 5.09. The molecule has 1 aromatic rings. The fourth-order valence-electron chi connectivity index (χ4n) is 1.87. The van der Waals surface area contributed by atoms with Crippen LogP contribution in [-0.2, 0) is 9.59 Å². The SMILES string of the molecule is CC(C)N(CCC(=O)O)C(=O)CN(C)C(=O)c1ccc(Br)o1. The van der Waals surface area contributed by atoms with Crippen molar-refractivity contribution in [1.29, 1.82) is 0 Å². The number of furan rings is 1. The molecule has 0 aromatic carbocycles. The lowest BCUT2D eigenvalue weighted by Crippen LogP contribution is -2.45. The lowest BCUT2D eigenvalue weighted by Gasteiger charge is -2.28. The molecule has 0 fully saturated rings. The summed E-state index contributed by atoms with van der Waals surface area (Å²) in [6.07, 6.45) is -0.132. The molecule has 0 atom stereocenters. The van der Waals surface area contributed by atoms with Gasteiger partial charge < -0.3 is 19.3 Å². The first-order valence-corrected chi connectivity index (χ1v) is 7.53. The van der Waals surface area contributed by atoms with Gasteiger partial charge in [0.2, 0.25) is 5.91 Å². The highest BCUT2D eigenvalue weighted by atomic mass is 79.9. The van der Waals surface area contributed by atoms with Crippen LogP contribution >= 0.6 is 15.9 Å². The summed E-state index contributed by atoms with van der Waals surface area (Å²) in [7, 11) is 1.49. The van der Waals surface area contributed by atoms with Crippen molar-refractivity contribution in [2.75, 3.05) is 20.1 Å². The molecule has 1 rings (SSSR count). The van der Waals surface area contributed by atoms with E-state index in [0.29, 0.717) is 4.67 Å². The Morgan fingerprint density at radius 2 is 1.95 bits per heavy atom. The number of nitrogens with zero attached hydrogens (tertiary/aromatic N) is 2. The molecule has 0 aliphatic carbocycles. The molecule has 22 heavy (non-hydrogen) atoms. The van der Waals surface area contributed by atoms with Crippen LogP contribution in [0.15, 0.2) is 21.2 Å². The molecule has 0 bridgehead atoms. The topological polar surface area (TPSA) is 91.1 Å². The van der Waals surface area contributed by atoms with E-state index in [1.165, 1.54) is 22.9 Å². The molecule has 0 radical (unpaired) electrons. The minimum absolute atomic E-state index is 0.111. The van der Waals surface area contributed by atoms with Crippen molar-refractivity contribution in [2.45, 2.75) is 26.3 Å². The third-order valence-electron chi connectivity index (χ3n) is 3.01. The summed E-state index contributed by atoms with van der Waals surface area (Å²) >= 11 is 3.11. The molecule has 1 aromatic heterocycles. The van der Waals surface area contributed by atoms with Crippen LogP contribution in [0, 0.1) is 0 Å². The quantitative estimate of drug-likeness (QED) is 0.785. The van der Waals surface area contributed by atoms with Crippen LogP contribution < -0.4 is 0 Å². The third kappa shape index (κ3) is 5.18. The van der Waals surface area contributed by atoms with E-state index in [2.05, 4.69) is 15.9 Å². The Hall–Kier alpha value is -1.83. The number of carbonyl (C=O) groups excluding carboxylic acids is 2. The van der Waals surface area contributed by atoms with Crippen LogP contribution in [0.5, 0.6) is 0 Å². The van der Waals surface area contributed by atoms with Crippen molar-refractivity contribution in [3.8, 4) is 0 Å². The second-order valence-corrected chi connectivity index (χ2v) is 5.87. The number of likely N-dealkylation sites (N-methyl/N-ethyl adjacent to an activating group) is 1. The van der Waals surface area contributed by atoms with Crippen LogP contribution in [-0.4, -0.2) is 58.9 Å². The van der Waals surface area contributed by atoms with E-state index in [-0.39, 0.29) is 37.2 Å². The lowest BCUT2D eigenvalue weighted by atomic mass is 10.2. The summed E-state index contributed by atoms with van der Waals surface area (Å²) in [6, 6.07) is 2.96. The number of aliphatic carboxylic acids is 1. The van der Waals surface area contributed by atoms with Crippen molar-refractivity contribution in [3.05, 3.63) is 22.6 Å². The average Bonchev–Trinajstić information content (AvgIpc) is 2.83. The molecule has 0 unspecified atom stereocenters. The van der Waals surface area contributed by atoms with E-state index in [1.54, 1.807) is 19.9 Å². The van der Waals surface area contributed by atoms with Crippen molar-refractivity contribution in [1.82, 2.24) is 9.80 Å². The van der Waals surface area contributed by atoms with Crippen molar-refractivity contribution in [2.24, 2.45) is 0 Å². The summed E-state index contributed by atoms with van der Waals surface area (Å²) in [5.41, 5.74) is 0. The standard InChI is InChI=1S/C14H19BrN2O5/c1-9(2)17(7-6-13(19)20)12(18)8-16(3)14(21)10-4-5-11(15)22-10/h4-5,9H,6-8H2,1-3H3,(H,19,20). The lowest BCUT2D eigenvalue weighted by molar-refractivity contribution is -0.139. The maximum atomic E-state index is 12.2. The largest absolute Gasteiger partial charge is 0.481 e. The predicted molar refractivity (Wildman–Crippen MR) is 82.5 cm³/mol. The zero-order valence-electron chi connectivity index (χ0n) is 12.7. The Morgan fingerprint density at radius 1 is 1.32 bits per heavy atom. The molecule has 0 saturated heterocycles. The van der Waals surface area contributed by atoms with Gasteiger partial charge in [-0.05, 0) is 41.9 Å². The maximum Gasteiger partial charge on any atom is 0.305 e. The molecule has 122 valence electrons. The van der Waals surface area contributed by atoms with Crippen molar-refractivity contribution >= 4 is 33.7 Å². The fourth-order valence-corrected chi connectivity index (χ4v) is 2.18. The van der Waals surface area contributed by atoms with Gasteiger partial charge >= 0.3 is 5.97 Å². The van der Waals surface area contributed by atoms with Gasteiger partial charge in [0.15, 0.2) is 10.4 Å². The van der Waals surface area contributed by atoms with Gasteiger partial charge in [0.25, 0.3) is 5.91 Å². The zero-order valence-corrected chi connectivity index (χ0v) is 14.3. The van der Waals surface area contributed by atoms with E-state index in [4.69, 9.17) is 9.52 Å². The summed E-state index contributed by atoms with van der Waals surface area (Å²) in [4.78, 5) is 37.7. The first-order chi connectivity index (χ1) is 10.2. The van der Waals surface area contributed by atoms with Crippen molar-refractivity contribution in [3.63, 3.8) is 0 Å².